The van der Waals surface area contributed by atoms with Crippen molar-refractivity contribution < 1.29 is 31.5 Å². The number of rotatable bonds is 5. The number of hydrogen-bond donors (Lipinski definition) is 0. The van der Waals surface area contributed by atoms with Gasteiger partial charge in [0.15, 0.2) is 0 Å². The van der Waals surface area contributed by atoms with Crippen molar-refractivity contribution in [3.63, 3.8) is 0 Å². The van der Waals surface area contributed by atoms with Crippen molar-refractivity contribution in [3.05, 3.63) is 206 Å². The van der Waals surface area contributed by atoms with Crippen molar-refractivity contribution in [1.82, 2.24) is 9.13 Å². The van der Waals surface area contributed by atoms with Gasteiger partial charge in [0.05, 0.1) is 53.6 Å². The summed E-state index contributed by atoms with van der Waals surface area (Å²) in [6, 6.07) is 3.47. The molecule has 0 unspecified atom stereocenters. The Kier molecular flexibility index (Phi) is 3.75. The molecule has 12 rings (SSSR count). The fourth-order valence-corrected chi connectivity index (χ4v) is 8.44. The highest BCUT2D eigenvalue weighted by Crippen LogP contribution is 2.43. The molecule has 3 aromatic heterocycles. The van der Waals surface area contributed by atoms with Gasteiger partial charge < -0.3 is 9.13 Å². The van der Waals surface area contributed by atoms with Crippen LogP contribution < -0.4 is 0 Å². The number of para-hydroxylation sites is 3. The zero-order valence-electron chi connectivity index (χ0n) is 52.2. The molecule has 0 radical (unpaired) electrons. The summed E-state index contributed by atoms with van der Waals surface area (Å²) in [4.78, 5) is 0. The lowest BCUT2D eigenvalue weighted by molar-refractivity contribution is 1.18. The Labute approximate surface area is 366 Å². The summed E-state index contributed by atoms with van der Waals surface area (Å²) in [7, 11) is 0. The summed E-state index contributed by atoms with van der Waals surface area (Å²) in [5.41, 5.74) is -2.18. The van der Waals surface area contributed by atoms with Crippen molar-refractivity contribution in [1.29, 1.82) is 0 Å². The molecular weight excluding hydrogens is 709 g/mol. The van der Waals surface area contributed by atoms with Crippen molar-refractivity contribution in [2.24, 2.45) is 0 Å². The number of fused-ring (bicyclic) bond motifs is 9. The Morgan fingerprint density at radius 1 is 0.368 bits per heavy atom. The maximum absolute atomic E-state index is 9.99. The highest BCUT2D eigenvalue weighted by molar-refractivity contribution is 7.26. The van der Waals surface area contributed by atoms with E-state index in [4.69, 9.17) is 17.8 Å². The molecule has 0 saturated carbocycles. The third-order valence-electron chi connectivity index (χ3n) is 9.91. The lowest BCUT2D eigenvalue weighted by Crippen LogP contribution is -1.93. The minimum atomic E-state index is -0.759. The van der Waals surface area contributed by atoms with Crippen molar-refractivity contribution >= 4 is 75.1 Å². The van der Waals surface area contributed by atoms with Crippen LogP contribution in [-0.4, -0.2) is 9.13 Å². The maximum atomic E-state index is 9.99. The van der Waals surface area contributed by atoms with E-state index in [-0.39, 0.29) is 110 Å². The van der Waals surface area contributed by atoms with Gasteiger partial charge in [-0.25, -0.2) is 0 Å². The third kappa shape index (κ3) is 5.03. The maximum Gasteiger partial charge on any atom is 0.0645 e. The Morgan fingerprint density at radius 3 is 1.93 bits per heavy atom. The van der Waals surface area contributed by atoms with Crippen LogP contribution in [0.2, 0.25) is 0 Å². The summed E-state index contributed by atoms with van der Waals surface area (Å²) in [5, 5.41) is -0.694. The number of hydrogen-bond acceptors (Lipinski definition) is 1. The molecule has 0 saturated heterocycles. The first-order chi connectivity index (χ1) is 37.8. The Balaban J connectivity index is 1.19. The van der Waals surface area contributed by atoms with E-state index in [1.807, 2.05) is 0 Å². The first kappa shape index (κ1) is 16.9. The van der Waals surface area contributed by atoms with Crippen LogP contribution >= 0.6 is 11.3 Å². The Morgan fingerprint density at radius 2 is 1.09 bits per heavy atom. The molecule has 0 fully saturated rings. The number of nitrogens with zero attached hydrogens (tertiary/aromatic N) is 2. The molecule has 0 spiro atoms. The van der Waals surface area contributed by atoms with E-state index in [2.05, 4.69) is 0 Å². The summed E-state index contributed by atoms with van der Waals surface area (Å²) < 4.78 is 213. The van der Waals surface area contributed by atoms with Gasteiger partial charge in [0.1, 0.15) is 0 Å². The molecule has 0 atom stereocenters. The summed E-state index contributed by atoms with van der Waals surface area (Å²) in [5.74, 6) is 0. The molecule has 0 aliphatic rings. The van der Waals surface area contributed by atoms with E-state index in [0.717, 1.165) is 23.5 Å². The second kappa shape index (κ2) is 12.7. The van der Waals surface area contributed by atoms with Crippen LogP contribution in [0, 0.1) is 0 Å². The lowest BCUT2D eigenvalue weighted by Gasteiger charge is -2.11. The van der Waals surface area contributed by atoms with E-state index in [9.17, 15) is 13.7 Å². The molecule has 3 heteroatoms. The molecular formula is C54H34N2S. The second-order valence-electron chi connectivity index (χ2n) is 13.1. The fraction of sp³-hybridized carbons (Fsp3) is 0. The van der Waals surface area contributed by atoms with E-state index in [1.54, 1.807) is 30.3 Å². The smallest absolute Gasteiger partial charge is 0.0645 e. The molecule has 3 heterocycles. The minimum Gasteiger partial charge on any atom is -0.309 e. The largest absolute Gasteiger partial charge is 0.309 e. The Bertz CT molecular complexity index is 4870. The van der Waals surface area contributed by atoms with Crippen LogP contribution in [0.1, 0.15) is 31.5 Å². The molecule has 9 aromatic carbocycles. The molecule has 57 heavy (non-hydrogen) atoms. The van der Waals surface area contributed by atoms with Crippen molar-refractivity contribution in [3.8, 4) is 44.8 Å². The average molecular weight is 766 g/mol. The molecule has 0 bridgehead atoms. The van der Waals surface area contributed by atoms with E-state index >= 15 is 0 Å². The standard InChI is InChI=1S/C54H34N2S/c1-3-13-35(14-4-1)36-15-11-16-39(31-36)42-21-12-24-53-54(42)47-34-41(27-30-52(47)57-53)56-49-23-10-8-20-44(49)46-33-38(26-29-51(46)56)37-25-28-50-45(32-37)43-19-7-9-22-48(43)55(50)40-17-5-2-6-18-40/h1-34H/i3D,4D,7D,8D,9D,10D,12D,13D,15D,16D,19D,20D,21D,22D,24D,25D,26D,28D,29D,30D,31D,32D,33D. The highest BCUT2D eigenvalue weighted by Gasteiger charge is 2.18. The van der Waals surface area contributed by atoms with E-state index in [1.165, 1.54) is 33.4 Å². The zero-order chi connectivity index (χ0) is 57.5. The zero-order valence-corrected chi connectivity index (χ0v) is 30.0. The number of benzene rings is 9. The highest BCUT2D eigenvalue weighted by atomic mass is 32.1. The summed E-state index contributed by atoms with van der Waals surface area (Å²) in [6.07, 6.45) is 0. The molecule has 266 valence electrons. The molecule has 0 N–H and O–H groups in total. The van der Waals surface area contributed by atoms with Crippen LogP contribution in [-0.2, 0) is 0 Å². The fourth-order valence-electron chi connectivity index (χ4n) is 7.44. The van der Waals surface area contributed by atoms with Gasteiger partial charge in [-0.1, -0.05) is 127 Å². The molecule has 0 aliphatic carbocycles. The van der Waals surface area contributed by atoms with Crippen LogP contribution in [0.4, 0.5) is 0 Å². The van der Waals surface area contributed by atoms with Gasteiger partial charge in [0.2, 0.25) is 0 Å². The summed E-state index contributed by atoms with van der Waals surface area (Å²) in [6.45, 7) is 0. The first-order valence-corrected chi connectivity index (χ1v) is 18.4. The molecule has 0 aliphatic heterocycles. The molecule has 12 aromatic rings. The van der Waals surface area contributed by atoms with Crippen molar-refractivity contribution in [2.45, 2.75) is 0 Å². The second-order valence-corrected chi connectivity index (χ2v) is 14.1. The SMILES string of the molecule is [2H]c1cc([2H])c([2H])c(-c2c([2H])cc([2H])c(-c3c([2H])c([2H])c([2H])c4sc5c([2H])cc(-n6c7cc([2H])c([2H])c([2H])c7c7c([2H])c(-c8c([2H])c([2H])c9c(c8[2H])c8c([2H])c([2H])c([2H])c([2H])c8n9-c8ccccc8)c([2H])c([2H])c76)cc5c34)c2[2H])c1. The van der Waals surface area contributed by atoms with Gasteiger partial charge in [-0.15, -0.1) is 11.3 Å². The average Bonchev–Trinajstić information content (AvgIpc) is 2.19. The van der Waals surface area contributed by atoms with Gasteiger partial charge >= 0.3 is 0 Å². The monoisotopic (exact) mass is 765 g/mol. The van der Waals surface area contributed by atoms with Crippen LogP contribution in [0.5, 0.6) is 0 Å². The first-order valence-electron chi connectivity index (χ1n) is 29.1. The molecule has 0 amide bonds. The lowest BCUT2D eigenvalue weighted by atomic mass is 9.96. The topological polar surface area (TPSA) is 9.86 Å². The predicted octanol–water partition coefficient (Wildman–Crippen LogP) is 15.2. The minimum absolute atomic E-state index is 0.00806. The Hall–Kier alpha value is -7.20. The quantitative estimate of drug-likeness (QED) is 0.165. The normalized spacial score (nSPS) is 17.5. The number of thiophene rings is 1. The van der Waals surface area contributed by atoms with E-state index < -0.39 is 132 Å². The van der Waals surface area contributed by atoms with Gasteiger partial charge in [0.25, 0.3) is 0 Å². The van der Waals surface area contributed by atoms with Gasteiger partial charge in [0, 0.05) is 53.1 Å². The molecule has 2 nitrogen and oxygen atoms in total. The van der Waals surface area contributed by atoms with Crippen LogP contribution in [0.3, 0.4) is 0 Å². The van der Waals surface area contributed by atoms with E-state index in [0.29, 0.717) is 5.69 Å². The van der Waals surface area contributed by atoms with Crippen LogP contribution in [0.25, 0.3) is 109 Å². The van der Waals surface area contributed by atoms with Gasteiger partial charge in [-0.2, -0.15) is 0 Å². The van der Waals surface area contributed by atoms with Gasteiger partial charge in [-0.05, 0) is 112 Å². The van der Waals surface area contributed by atoms with Gasteiger partial charge in [-0.3, -0.25) is 0 Å². The van der Waals surface area contributed by atoms with Crippen LogP contribution in [0.15, 0.2) is 206 Å². The number of aromatic nitrogens is 2. The third-order valence-corrected chi connectivity index (χ3v) is 11.0. The van der Waals surface area contributed by atoms with Crippen molar-refractivity contribution in [2.75, 3.05) is 0 Å². The predicted molar refractivity (Wildman–Crippen MR) is 244 cm³/mol. The summed E-state index contributed by atoms with van der Waals surface area (Å²) >= 11 is 0.902.